The van der Waals surface area contributed by atoms with Crippen LogP contribution < -0.4 is 5.32 Å². The van der Waals surface area contributed by atoms with Gasteiger partial charge in [-0.15, -0.1) is 0 Å². The molecule has 68 valence electrons. The third kappa shape index (κ3) is 12.6. The van der Waals surface area contributed by atoms with Gasteiger partial charge in [0.25, 0.3) is 0 Å². The molecule has 2 heteroatoms. The van der Waals surface area contributed by atoms with Crippen molar-refractivity contribution in [3.8, 4) is 0 Å². The lowest BCUT2D eigenvalue weighted by Gasteiger charge is -2.02. The molecule has 0 rings (SSSR count). The van der Waals surface area contributed by atoms with Gasteiger partial charge in [-0.25, -0.2) is 0 Å². The van der Waals surface area contributed by atoms with Gasteiger partial charge in [-0.3, -0.25) is 4.79 Å². The summed E-state index contributed by atoms with van der Waals surface area (Å²) in [5.41, 5.74) is 0. The van der Waals surface area contributed by atoms with E-state index in [1.807, 2.05) is 34.6 Å². The molecule has 0 bridgehead atoms. The summed E-state index contributed by atoms with van der Waals surface area (Å²) in [5.74, 6) is 0.629. The Morgan fingerprint density at radius 2 is 1.82 bits per heavy atom. The molecule has 0 radical (unpaired) electrons. The minimum Gasteiger partial charge on any atom is -0.356 e. The number of hydrogen-bond acceptors (Lipinski definition) is 1. The molecule has 0 aliphatic carbocycles. The number of nitrogens with one attached hydrogen (secondary N) is 1. The molecule has 0 fully saturated rings. The van der Waals surface area contributed by atoms with Gasteiger partial charge in [-0.05, 0) is 12.8 Å². The Kier molecular flexibility index (Phi) is 11.3. The first-order valence-electron chi connectivity index (χ1n) is 4.43. The normalized spacial score (nSPS) is 8.55. The molecule has 0 heterocycles. The van der Waals surface area contributed by atoms with Crippen LogP contribution in [0.1, 0.15) is 41.0 Å². The first kappa shape index (κ1) is 13.1. The second-order valence-electron chi connectivity index (χ2n) is 2.55. The van der Waals surface area contributed by atoms with E-state index in [0.717, 1.165) is 6.54 Å². The zero-order valence-electron chi connectivity index (χ0n) is 8.40. The zero-order valence-corrected chi connectivity index (χ0v) is 8.40. The van der Waals surface area contributed by atoms with E-state index in [2.05, 4.69) is 5.32 Å². The first-order valence-corrected chi connectivity index (χ1v) is 4.43. The van der Waals surface area contributed by atoms with Crippen LogP contribution in [-0.2, 0) is 4.79 Å². The molecule has 2 nitrogen and oxygen atoms in total. The number of carbonyl (C=O) groups excluding carboxylic acids is 1. The van der Waals surface area contributed by atoms with Gasteiger partial charge in [0.1, 0.15) is 0 Å². The predicted molar refractivity (Wildman–Crippen MR) is 49.5 cm³/mol. The van der Waals surface area contributed by atoms with Gasteiger partial charge in [0.15, 0.2) is 0 Å². The topological polar surface area (TPSA) is 29.1 Å². The second-order valence-corrected chi connectivity index (χ2v) is 2.55. The lowest BCUT2D eigenvalue weighted by atomic mass is 10.1. The summed E-state index contributed by atoms with van der Waals surface area (Å²) in [6.07, 6.45) is 0.647. The van der Waals surface area contributed by atoms with Crippen LogP contribution in [0.15, 0.2) is 0 Å². The Hall–Kier alpha value is -0.530. The van der Waals surface area contributed by atoms with E-state index < -0.39 is 0 Å². The van der Waals surface area contributed by atoms with Crippen molar-refractivity contribution in [3.63, 3.8) is 0 Å². The largest absolute Gasteiger partial charge is 0.356 e. The van der Waals surface area contributed by atoms with Crippen molar-refractivity contribution in [2.45, 2.75) is 41.0 Å². The number of carbonyl (C=O) groups is 1. The van der Waals surface area contributed by atoms with Crippen molar-refractivity contribution in [2.24, 2.45) is 5.92 Å². The summed E-state index contributed by atoms with van der Waals surface area (Å²) in [4.78, 5) is 10.7. The molecule has 0 saturated heterocycles. The Morgan fingerprint density at radius 3 is 2.09 bits per heavy atom. The molecule has 0 saturated carbocycles. The maximum absolute atomic E-state index is 10.7. The van der Waals surface area contributed by atoms with Crippen molar-refractivity contribution in [2.75, 3.05) is 6.54 Å². The monoisotopic (exact) mass is 159 g/mol. The average molecular weight is 159 g/mol. The van der Waals surface area contributed by atoms with Crippen molar-refractivity contribution in [1.82, 2.24) is 5.32 Å². The Balaban J connectivity index is 0. The lowest BCUT2D eigenvalue weighted by molar-refractivity contribution is -0.121. The molecule has 0 aromatic heterocycles. The van der Waals surface area contributed by atoms with Crippen molar-refractivity contribution >= 4 is 5.91 Å². The summed E-state index contributed by atoms with van der Waals surface area (Å²) in [5, 5.41) is 2.74. The highest BCUT2D eigenvalue weighted by Crippen LogP contribution is 1.97. The van der Waals surface area contributed by atoms with E-state index in [0.29, 0.717) is 12.3 Å². The fourth-order valence-electron chi connectivity index (χ4n) is 0.640. The highest BCUT2D eigenvalue weighted by atomic mass is 16.1. The maximum Gasteiger partial charge on any atom is 0.220 e. The van der Waals surface area contributed by atoms with Gasteiger partial charge in [0.2, 0.25) is 5.91 Å². The third-order valence-electron chi connectivity index (χ3n) is 0.968. The van der Waals surface area contributed by atoms with E-state index in [4.69, 9.17) is 0 Å². The minimum atomic E-state index is 0.160. The van der Waals surface area contributed by atoms with Crippen LogP contribution in [0, 0.1) is 5.92 Å². The van der Waals surface area contributed by atoms with Crippen LogP contribution in [0.3, 0.4) is 0 Å². The van der Waals surface area contributed by atoms with Crippen molar-refractivity contribution < 1.29 is 4.79 Å². The molecule has 11 heavy (non-hydrogen) atoms. The van der Waals surface area contributed by atoms with E-state index in [-0.39, 0.29) is 5.91 Å². The number of rotatable bonds is 3. The van der Waals surface area contributed by atoms with E-state index in [9.17, 15) is 4.79 Å². The molecule has 0 aromatic rings. The van der Waals surface area contributed by atoms with E-state index in [1.165, 1.54) is 0 Å². The molecule has 0 unspecified atom stereocenters. The molecular formula is C9H21NO. The molecule has 0 spiro atoms. The van der Waals surface area contributed by atoms with Crippen molar-refractivity contribution in [1.29, 1.82) is 0 Å². The summed E-state index contributed by atoms with van der Waals surface area (Å²) >= 11 is 0. The molecule has 0 atom stereocenters. The Morgan fingerprint density at radius 1 is 1.36 bits per heavy atom. The fraction of sp³-hybridized carbons (Fsp3) is 0.889. The lowest BCUT2D eigenvalue weighted by Crippen LogP contribution is -2.23. The predicted octanol–water partition coefficient (Wildman–Crippen LogP) is 2.19. The fourth-order valence-corrected chi connectivity index (χ4v) is 0.640. The van der Waals surface area contributed by atoms with Crippen LogP contribution in [-0.4, -0.2) is 12.5 Å². The summed E-state index contributed by atoms with van der Waals surface area (Å²) in [7, 11) is 0. The SMILES string of the molecule is CC.CCNC(=O)CC(C)C. The molecular weight excluding hydrogens is 138 g/mol. The second kappa shape index (κ2) is 9.47. The summed E-state index contributed by atoms with van der Waals surface area (Å²) in [6.45, 7) is 10.7. The van der Waals surface area contributed by atoms with Crippen LogP contribution in [0.2, 0.25) is 0 Å². The standard InChI is InChI=1S/C7H15NO.C2H6/c1-4-8-7(9)5-6(2)3;1-2/h6H,4-5H2,1-3H3,(H,8,9);1-2H3. The molecule has 0 aliphatic heterocycles. The highest BCUT2D eigenvalue weighted by Gasteiger charge is 2.00. The zero-order chi connectivity index (χ0) is 9.28. The Bertz CT molecular complexity index is 89.6. The molecule has 1 N–H and O–H groups in total. The highest BCUT2D eigenvalue weighted by molar-refractivity contribution is 5.75. The third-order valence-corrected chi connectivity index (χ3v) is 0.968. The van der Waals surface area contributed by atoms with Crippen molar-refractivity contribution in [3.05, 3.63) is 0 Å². The molecule has 0 aromatic carbocycles. The smallest absolute Gasteiger partial charge is 0.220 e. The summed E-state index contributed by atoms with van der Waals surface area (Å²) in [6, 6.07) is 0. The number of hydrogen-bond donors (Lipinski definition) is 1. The number of amides is 1. The molecule has 0 aliphatic rings. The molecule has 1 amide bonds. The van der Waals surface area contributed by atoms with Crippen LogP contribution in [0.5, 0.6) is 0 Å². The quantitative estimate of drug-likeness (QED) is 0.672. The van der Waals surface area contributed by atoms with Gasteiger partial charge in [-0.2, -0.15) is 0 Å². The van der Waals surface area contributed by atoms with Crippen LogP contribution in [0.4, 0.5) is 0 Å². The van der Waals surface area contributed by atoms with E-state index >= 15 is 0 Å². The maximum atomic E-state index is 10.7. The minimum absolute atomic E-state index is 0.160. The van der Waals surface area contributed by atoms with Gasteiger partial charge >= 0.3 is 0 Å². The summed E-state index contributed by atoms with van der Waals surface area (Å²) < 4.78 is 0. The average Bonchev–Trinajstić information content (AvgIpc) is 1.91. The van der Waals surface area contributed by atoms with Crippen LogP contribution >= 0.6 is 0 Å². The Labute approximate surface area is 70.4 Å². The van der Waals surface area contributed by atoms with E-state index in [1.54, 1.807) is 0 Å². The van der Waals surface area contributed by atoms with Gasteiger partial charge in [0, 0.05) is 13.0 Å². The van der Waals surface area contributed by atoms with Gasteiger partial charge in [0.05, 0.1) is 0 Å². The van der Waals surface area contributed by atoms with Crippen LogP contribution in [0.25, 0.3) is 0 Å². The van der Waals surface area contributed by atoms with Gasteiger partial charge in [-0.1, -0.05) is 27.7 Å². The first-order chi connectivity index (χ1) is 5.16. The van der Waals surface area contributed by atoms with Gasteiger partial charge < -0.3 is 5.32 Å².